The largest absolute Gasteiger partial charge is 0.444 e. The number of rotatable bonds is 2. The highest BCUT2D eigenvalue weighted by atomic mass is 35.5. The molecule has 1 heterocycles. The molecule has 2 amide bonds. The number of carbonyl (C=O) groups is 2. The summed E-state index contributed by atoms with van der Waals surface area (Å²) in [6, 6.07) is 5.12. The molecule has 1 aromatic carbocycles. The maximum atomic E-state index is 12.5. The predicted molar refractivity (Wildman–Crippen MR) is 95.2 cm³/mol. The molecule has 0 saturated carbocycles. The average Bonchev–Trinajstić information content (AvgIpc) is 2.39. The van der Waals surface area contributed by atoms with Crippen molar-refractivity contribution >= 4 is 35.0 Å². The number of piperidine rings is 1. The Bertz CT molecular complexity index is 657. The fraction of sp³-hybridized carbons (Fsp3) is 0.529. The summed E-state index contributed by atoms with van der Waals surface area (Å²) >= 11 is 6.03. The molecular weight excluding hydrogens is 330 g/mol. The maximum absolute atomic E-state index is 12.5. The van der Waals surface area contributed by atoms with E-state index in [-0.39, 0.29) is 12.3 Å². The normalized spacial score (nSPS) is 21.5. The highest BCUT2D eigenvalue weighted by Gasteiger charge is 2.38. The van der Waals surface area contributed by atoms with E-state index in [1.807, 2.05) is 6.92 Å². The topological polar surface area (TPSA) is 84.7 Å². The van der Waals surface area contributed by atoms with E-state index in [4.69, 9.17) is 22.1 Å². The smallest absolute Gasteiger partial charge is 0.408 e. The van der Waals surface area contributed by atoms with E-state index in [0.29, 0.717) is 29.4 Å². The molecule has 0 aromatic heterocycles. The number of hydrogen-bond donors (Lipinski definition) is 2. The molecule has 1 aromatic rings. The molecule has 1 aliphatic rings. The minimum atomic E-state index is -0.631. The van der Waals surface area contributed by atoms with Gasteiger partial charge < -0.3 is 20.7 Å². The number of anilines is 2. The van der Waals surface area contributed by atoms with Crippen molar-refractivity contribution in [3.05, 3.63) is 23.2 Å². The molecule has 1 atom stereocenters. The van der Waals surface area contributed by atoms with Gasteiger partial charge in [0.05, 0.1) is 22.7 Å². The van der Waals surface area contributed by atoms with Crippen LogP contribution in [0, 0.1) is 0 Å². The van der Waals surface area contributed by atoms with Gasteiger partial charge in [0.1, 0.15) is 5.60 Å². The summed E-state index contributed by atoms with van der Waals surface area (Å²) in [5.74, 6) is -0.0827. The first-order valence-electron chi connectivity index (χ1n) is 7.86. The van der Waals surface area contributed by atoms with Crippen LogP contribution >= 0.6 is 11.6 Å². The molecular formula is C17H24ClN3O3. The van der Waals surface area contributed by atoms with Crippen molar-refractivity contribution in [3.8, 4) is 0 Å². The summed E-state index contributed by atoms with van der Waals surface area (Å²) in [6.07, 6.45) is 0.288. The van der Waals surface area contributed by atoms with E-state index in [2.05, 4.69) is 5.32 Å². The molecule has 1 saturated heterocycles. The van der Waals surface area contributed by atoms with Crippen LogP contribution in [0.15, 0.2) is 18.2 Å². The maximum Gasteiger partial charge on any atom is 0.408 e. The van der Waals surface area contributed by atoms with Crippen molar-refractivity contribution in [3.63, 3.8) is 0 Å². The first-order chi connectivity index (χ1) is 11.0. The fourth-order valence-corrected chi connectivity index (χ4v) is 2.79. The number of amides is 2. The van der Waals surface area contributed by atoms with Gasteiger partial charge in [-0.25, -0.2) is 4.79 Å². The van der Waals surface area contributed by atoms with Crippen LogP contribution in [0.25, 0.3) is 0 Å². The second-order valence-corrected chi connectivity index (χ2v) is 7.77. The van der Waals surface area contributed by atoms with E-state index in [1.54, 1.807) is 43.9 Å². The minimum absolute atomic E-state index is 0.0827. The quantitative estimate of drug-likeness (QED) is 0.798. The van der Waals surface area contributed by atoms with Gasteiger partial charge in [-0.3, -0.25) is 4.79 Å². The Morgan fingerprint density at radius 1 is 1.42 bits per heavy atom. The summed E-state index contributed by atoms with van der Waals surface area (Å²) in [6.45, 7) is 7.72. The number of carbonyl (C=O) groups excluding carboxylic acids is 2. The second-order valence-electron chi connectivity index (χ2n) is 7.37. The molecule has 1 fully saturated rings. The van der Waals surface area contributed by atoms with Crippen molar-refractivity contribution < 1.29 is 14.3 Å². The van der Waals surface area contributed by atoms with E-state index in [0.717, 1.165) is 0 Å². The second kappa shape index (κ2) is 6.51. The third kappa shape index (κ3) is 4.54. The van der Waals surface area contributed by atoms with Crippen LogP contribution in [0.3, 0.4) is 0 Å². The fourth-order valence-electron chi connectivity index (χ4n) is 2.61. The Labute approximate surface area is 147 Å². The Hall–Kier alpha value is -1.95. The van der Waals surface area contributed by atoms with Gasteiger partial charge in [-0.2, -0.15) is 0 Å². The Kier molecular flexibility index (Phi) is 4.99. The third-order valence-corrected chi connectivity index (χ3v) is 4.16. The van der Waals surface area contributed by atoms with E-state index < -0.39 is 17.2 Å². The number of ether oxygens (including phenoxy) is 1. The van der Waals surface area contributed by atoms with Crippen molar-refractivity contribution in [1.29, 1.82) is 0 Å². The molecule has 1 unspecified atom stereocenters. The number of alkyl carbamates (subject to hydrolysis) is 1. The molecule has 132 valence electrons. The van der Waals surface area contributed by atoms with Crippen LogP contribution in [0.2, 0.25) is 5.02 Å². The van der Waals surface area contributed by atoms with Gasteiger partial charge in [0.25, 0.3) is 0 Å². The van der Waals surface area contributed by atoms with Crippen LogP contribution in [0.4, 0.5) is 16.2 Å². The molecule has 0 radical (unpaired) electrons. The lowest BCUT2D eigenvalue weighted by molar-refractivity contribution is -0.121. The van der Waals surface area contributed by atoms with Crippen molar-refractivity contribution in [2.45, 2.75) is 51.7 Å². The van der Waals surface area contributed by atoms with Crippen LogP contribution < -0.4 is 16.0 Å². The molecule has 0 aliphatic carbocycles. The summed E-state index contributed by atoms with van der Waals surface area (Å²) in [4.78, 5) is 26.2. The van der Waals surface area contributed by atoms with Crippen LogP contribution in [-0.2, 0) is 9.53 Å². The van der Waals surface area contributed by atoms with Gasteiger partial charge in [0, 0.05) is 12.2 Å². The number of nitrogens with one attached hydrogen (secondary N) is 1. The summed E-state index contributed by atoms with van der Waals surface area (Å²) in [5.41, 5.74) is 5.68. The lowest BCUT2D eigenvalue weighted by Gasteiger charge is -2.39. The lowest BCUT2D eigenvalue weighted by Crippen LogP contribution is -2.56. The Morgan fingerprint density at radius 3 is 2.62 bits per heavy atom. The molecule has 3 N–H and O–H groups in total. The van der Waals surface area contributed by atoms with Gasteiger partial charge in [0.2, 0.25) is 5.91 Å². The van der Waals surface area contributed by atoms with Gasteiger partial charge in [0.15, 0.2) is 0 Å². The van der Waals surface area contributed by atoms with Crippen molar-refractivity contribution in [1.82, 2.24) is 5.32 Å². The number of nitrogens with two attached hydrogens (primary N) is 1. The first kappa shape index (κ1) is 18.4. The molecule has 6 nitrogen and oxygen atoms in total. The Balaban J connectivity index is 2.05. The van der Waals surface area contributed by atoms with E-state index in [9.17, 15) is 9.59 Å². The van der Waals surface area contributed by atoms with Crippen molar-refractivity contribution in [2.75, 3.05) is 17.2 Å². The predicted octanol–water partition coefficient (Wildman–Crippen LogP) is 3.33. The zero-order valence-corrected chi connectivity index (χ0v) is 15.2. The molecule has 0 spiro atoms. The lowest BCUT2D eigenvalue weighted by atomic mass is 9.89. The standard InChI is InChI=1S/C17H24ClN3O3/c1-16(2,3)24-15(23)20-17(4)7-8-21(14(22)10-17)11-5-6-13(19)12(18)9-11/h5-6,9H,7-8,10,19H2,1-4H3,(H,20,23). The van der Waals surface area contributed by atoms with Crippen molar-refractivity contribution in [2.24, 2.45) is 0 Å². The number of nitrogens with zero attached hydrogens (tertiary/aromatic N) is 1. The van der Waals surface area contributed by atoms with Gasteiger partial charge in [-0.05, 0) is 52.3 Å². The number of benzene rings is 1. The zero-order valence-electron chi connectivity index (χ0n) is 14.5. The molecule has 7 heteroatoms. The average molecular weight is 354 g/mol. The SMILES string of the molecule is CC1(NC(=O)OC(C)(C)C)CCN(c2ccc(N)c(Cl)c2)C(=O)C1. The van der Waals surface area contributed by atoms with Gasteiger partial charge in [-0.15, -0.1) is 0 Å². The molecule has 24 heavy (non-hydrogen) atoms. The molecule has 2 rings (SSSR count). The zero-order chi connectivity index (χ0) is 18.1. The monoisotopic (exact) mass is 353 g/mol. The first-order valence-corrected chi connectivity index (χ1v) is 8.23. The highest BCUT2D eigenvalue weighted by molar-refractivity contribution is 6.33. The molecule has 1 aliphatic heterocycles. The van der Waals surface area contributed by atoms with E-state index in [1.165, 1.54) is 0 Å². The minimum Gasteiger partial charge on any atom is -0.444 e. The third-order valence-electron chi connectivity index (χ3n) is 3.83. The number of hydrogen-bond acceptors (Lipinski definition) is 4. The van der Waals surface area contributed by atoms with Crippen LogP contribution in [-0.4, -0.2) is 29.7 Å². The Morgan fingerprint density at radius 2 is 2.08 bits per heavy atom. The highest BCUT2D eigenvalue weighted by Crippen LogP contribution is 2.31. The van der Waals surface area contributed by atoms with E-state index >= 15 is 0 Å². The summed E-state index contributed by atoms with van der Waals surface area (Å²) < 4.78 is 5.27. The number of nitrogen functional groups attached to an aromatic ring is 1. The summed E-state index contributed by atoms with van der Waals surface area (Å²) in [7, 11) is 0. The molecule has 0 bridgehead atoms. The number of halogens is 1. The van der Waals surface area contributed by atoms with Gasteiger partial charge in [-0.1, -0.05) is 11.6 Å². The van der Waals surface area contributed by atoms with Gasteiger partial charge >= 0.3 is 6.09 Å². The summed E-state index contributed by atoms with van der Waals surface area (Å²) in [5, 5.41) is 3.24. The van der Waals surface area contributed by atoms with Crippen LogP contribution in [0.1, 0.15) is 40.5 Å². The van der Waals surface area contributed by atoms with Crippen LogP contribution in [0.5, 0.6) is 0 Å².